The molecule has 0 atom stereocenters. The molecule has 0 saturated carbocycles. The van der Waals surface area contributed by atoms with E-state index < -0.39 is 5.09 Å². The van der Waals surface area contributed by atoms with E-state index in [4.69, 9.17) is 11.6 Å². The smallest absolute Gasteiger partial charge is 0.294 e. The molecule has 0 N–H and O–H groups in total. The molecule has 0 aliphatic rings. The van der Waals surface area contributed by atoms with Crippen molar-refractivity contribution in [3.05, 3.63) is 10.1 Å². The van der Waals surface area contributed by atoms with Crippen LogP contribution in [0.5, 0.6) is 0 Å². The molecule has 0 bridgehead atoms. The molecule has 0 spiro atoms. The Morgan fingerprint density at radius 3 is 1.94 bits per heavy atom. The van der Waals surface area contributed by atoms with Crippen molar-refractivity contribution in [2.45, 2.75) is 57.8 Å². The minimum absolute atomic E-state index is 0.199. The Bertz CT molecular complexity index is 202. The van der Waals surface area contributed by atoms with E-state index >= 15 is 0 Å². The number of hydrogen-bond acceptors (Lipinski definition) is 4. The van der Waals surface area contributed by atoms with Gasteiger partial charge in [0, 0.05) is 6.42 Å². The number of halogens is 1. The fraction of sp³-hybridized carbons (Fsp3) is 0.909. The minimum atomic E-state index is -0.752. The van der Waals surface area contributed by atoms with E-state index in [1.54, 1.807) is 0 Å². The normalized spacial score (nSPS) is 10.2. The average Bonchev–Trinajstić information content (AvgIpc) is 2.25. The molecule has 0 saturated heterocycles. The quantitative estimate of drug-likeness (QED) is 0.234. The molecule has 0 aromatic carbocycles. The van der Waals surface area contributed by atoms with E-state index in [9.17, 15) is 14.9 Å². The van der Waals surface area contributed by atoms with Crippen molar-refractivity contribution in [2.75, 3.05) is 6.61 Å². The summed E-state index contributed by atoms with van der Waals surface area (Å²) in [6, 6.07) is 0. The molecule has 0 aliphatic carbocycles. The van der Waals surface area contributed by atoms with Crippen LogP contribution < -0.4 is 0 Å². The molecule has 100 valence electrons. The van der Waals surface area contributed by atoms with Crippen molar-refractivity contribution in [1.82, 2.24) is 0 Å². The fourth-order valence-corrected chi connectivity index (χ4v) is 1.70. The van der Waals surface area contributed by atoms with Crippen LogP contribution in [0.25, 0.3) is 0 Å². The van der Waals surface area contributed by atoms with Gasteiger partial charge < -0.3 is 4.84 Å². The summed E-state index contributed by atoms with van der Waals surface area (Å²) in [7, 11) is 0. The zero-order valence-corrected chi connectivity index (χ0v) is 10.8. The zero-order chi connectivity index (χ0) is 12.9. The van der Waals surface area contributed by atoms with E-state index in [1.165, 1.54) is 0 Å². The van der Waals surface area contributed by atoms with Crippen LogP contribution in [0.2, 0.25) is 0 Å². The van der Waals surface area contributed by atoms with Crippen LogP contribution in [-0.2, 0) is 9.63 Å². The summed E-state index contributed by atoms with van der Waals surface area (Å²) in [5.41, 5.74) is 0. The highest BCUT2D eigenvalue weighted by atomic mass is 35.5. The minimum Gasteiger partial charge on any atom is -0.314 e. The van der Waals surface area contributed by atoms with Gasteiger partial charge in [-0.1, -0.05) is 38.5 Å². The van der Waals surface area contributed by atoms with E-state index in [0.29, 0.717) is 6.42 Å². The first-order valence-corrected chi connectivity index (χ1v) is 6.46. The number of rotatable bonds is 12. The topological polar surface area (TPSA) is 69.4 Å². The summed E-state index contributed by atoms with van der Waals surface area (Å²) in [6.07, 6.45) is 8.57. The summed E-state index contributed by atoms with van der Waals surface area (Å²) < 4.78 is 0. The van der Waals surface area contributed by atoms with Crippen molar-refractivity contribution in [3.8, 4) is 0 Å². The molecule has 5 nitrogen and oxygen atoms in total. The molecule has 0 aromatic rings. The van der Waals surface area contributed by atoms with Crippen LogP contribution in [0, 0.1) is 10.1 Å². The Morgan fingerprint density at radius 1 is 1.00 bits per heavy atom. The maximum atomic E-state index is 10.4. The Balaban J connectivity index is 2.98. The van der Waals surface area contributed by atoms with E-state index in [2.05, 4.69) is 4.84 Å². The molecule has 0 unspecified atom stereocenters. The van der Waals surface area contributed by atoms with Crippen molar-refractivity contribution in [3.63, 3.8) is 0 Å². The fourth-order valence-electron chi connectivity index (χ4n) is 1.57. The SMILES string of the molecule is O=C(Cl)CCCCCCCCCCO[N+](=O)[O-]. The number of nitrogens with zero attached hydrogens (tertiary/aromatic N) is 1. The standard InChI is InChI=1S/C11H20ClNO4/c12-11(14)9-7-5-3-1-2-4-6-8-10-17-13(15)16/h1-10H2. The van der Waals surface area contributed by atoms with Crippen LogP contribution in [-0.4, -0.2) is 16.9 Å². The van der Waals surface area contributed by atoms with Gasteiger partial charge in [0.15, 0.2) is 0 Å². The van der Waals surface area contributed by atoms with Gasteiger partial charge in [0.2, 0.25) is 5.24 Å². The second-order valence-electron chi connectivity index (χ2n) is 3.99. The van der Waals surface area contributed by atoms with Gasteiger partial charge in [0.05, 0.1) is 6.61 Å². The first-order chi connectivity index (χ1) is 8.13. The summed E-state index contributed by atoms with van der Waals surface area (Å²) in [6.45, 7) is 0.199. The molecule has 0 aliphatic heterocycles. The van der Waals surface area contributed by atoms with Crippen molar-refractivity contribution in [2.24, 2.45) is 0 Å². The largest absolute Gasteiger partial charge is 0.314 e. The predicted molar refractivity (Wildman–Crippen MR) is 65.4 cm³/mol. The summed E-state index contributed by atoms with van der Waals surface area (Å²) >= 11 is 5.21. The second kappa shape index (κ2) is 11.6. The van der Waals surface area contributed by atoms with Crippen LogP contribution >= 0.6 is 11.6 Å². The number of carbonyl (C=O) groups is 1. The van der Waals surface area contributed by atoms with Crippen molar-refractivity contribution >= 4 is 16.8 Å². The van der Waals surface area contributed by atoms with Crippen molar-refractivity contribution < 1.29 is 14.7 Å². The maximum Gasteiger partial charge on any atom is 0.294 e. The lowest BCUT2D eigenvalue weighted by Gasteiger charge is -2.01. The summed E-state index contributed by atoms with van der Waals surface area (Å²) in [5, 5.41) is 8.83. The molecule has 0 aromatic heterocycles. The lowest BCUT2D eigenvalue weighted by Crippen LogP contribution is -2.01. The molecular formula is C11H20ClNO4. The Hall–Kier alpha value is -0.840. The van der Waals surface area contributed by atoms with Crippen LogP contribution in [0.3, 0.4) is 0 Å². The Morgan fingerprint density at radius 2 is 1.47 bits per heavy atom. The van der Waals surface area contributed by atoms with Gasteiger partial charge in [-0.2, -0.15) is 0 Å². The highest BCUT2D eigenvalue weighted by Gasteiger charge is 1.97. The predicted octanol–water partition coefficient (Wildman–Crippen LogP) is 3.47. The molecule has 6 heteroatoms. The first kappa shape index (κ1) is 16.2. The number of carbonyl (C=O) groups excluding carboxylic acids is 1. The zero-order valence-electron chi connectivity index (χ0n) is 10.0. The van der Waals surface area contributed by atoms with Gasteiger partial charge >= 0.3 is 0 Å². The van der Waals surface area contributed by atoms with Gasteiger partial charge in [-0.15, -0.1) is 10.1 Å². The highest BCUT2D eigenvalue weighted by Crippen LogP contribution is 2.10. The molecule has 0 radical (unpaired) electrons. The monoisotopic (exact) mass is 265 g/mol. The third-order valence-corrected chi connectivity index (χ3v) is 2.65. The van der Waals surface area contributed by atoms with Crippen LogP contribution in [0.1, 0.15) is 57.8 Å². The van der Waals surface area contributed by atoms with Gasteiger partial charge in [-0.25, -0.2) is 0 Å². The van der Waals surface area contributed by atoms with E-state index in [-0.39, 0.29) is 11.8 Å². The van der Waals surface area contributed by atoms with Gasteiger partial charge in [0.1, 0.15) is 0 Å². The van der Waals surface area contributed by atoms with E-state index in [1.807, 2.05) is 0 Å². The van der Waals surface area contributed by atoms with Gasteiger partial charge in [-0.3, -0.25) is 4.79 Å². The molecular weight excluding hydrogens is 246 g/mol. The average molecular weight is 266 g/mol. The summed E-state index contributed by atoms with van der Waals surface area (Å²) in [5.74, 6) is 0. The third kappa shape index (κ3) is 15.2. The number of unbranched alkanes of at least 4 members (excludes halogenated alkanes) is 7. The molecule has 0 rings (SSSR count). The van der Waals surface area contributed by atoms with Gasteiger partial charge in [-0.05, 0) is 24.4 Å². The summed E-state index contributed by atoms with van der Waals surface area (Å²) in [4.78, 5) is 24.5. The lowest BCUT2D eigenvalue weighted by atomic mass is 10.1. The molecule has 0 amide bonds. The first-order valence-electron chi connectivity index (χ1n) is 6.08. The Kier molecular flexibility index (Phi) is 11.1. The van der Waals surface area contributed by atoms with Gasteiger partial charge in [0.25, 0.3) is 5.09 Å². The van der Waals surface area contributed by atoms with E-state index in [0.717, 1.165) is 51.4 Å². The lowest BCUT2D eigenvalue weighted by molar-refractivity contribution is -0.757. The highest BCUT2D eigenvalue weighted by molar-refractivity contribution is 6.63. The van der Waals surface area contributed by atoms with Crippen LogP contribution in [0.15, 0.2) is 0 Å². The molecule has 0 fully saturated rings. The van der Waals surface area contributed by atoms with Crippen molar-refractivity contribution in [1.29, 1.82) is 0 Å². The number of hydrogen-bond donors (Lipinski definition) is 0. The second-order valence-corrected chi connectivity index (χ2v) is 4.41. The Labute approximate surface area is 107 Å². The molecule has 17 heavy (non-hydrogen) atoms. The molecule has 0 heterocycles. The third-order valence-electron chi connectivity index (χ3n) is 2.46. The maximum absolute atomic E-state index is 10.4. The van der Waals surface area contributed by atoms with Crippen LogP contribution in [0.4, 0.5) is 0 Å².